The summed E-state index contributed by atoms with van der Waals surface area (Å²) < 4.78 is 5.41. The predicted molar refractivity (Wildman–Crippen MR) is 91.8 cm³/mol. The molecule has 0 spiro atoms. The van der Waals surface area contributed by atoms with Crippen LogP contribution >= 0.6 is 0 Å². The number of likely N-dealkylation sites (N-methyl/N-ethyl adjacent to an activating group) is 1. The Hall–Kier alpha value is -2.31. The number of carbonyl (C=O) groups is 1. The molecule has 7 nitrogen and oxygen atoms in total. The van der Waals surface area contributed by atoms with Crippen molar-refractivity contribution in [2.24, 2.45) is 4.99 Å². The zero-order chi connectivity index (χ0) is 17.4. The van der Waals surface area contributed by atoms with Gasteiger partial charge >= 0.3 is 0 Å². The number of aliphatic imine (C=N–C) groups is 1. The molecule has 7 heteroatoms. The Bertz CT molecular complexity index is 570. The van der Waals surface area contributed by atoms with E-state index in [0.29, 0.717) is 19.0 Å². The van der Waals surface area contributed by atoms with E-state index in [2.05, 4.69) is 20.6 Å². The molecule has 1 aromatic rings. The van der Waals surface area contributed by atoms with Crippen LogP contribution in [0.15, 0.2) is 11.2 Å². The van der Waals surface area contributed by atoms with Crippen LogP contribution in [0.5, 0.6) is 5.75 Å². The highest BCUT2D eigenvalue weighted by Gasteiger charge is 2.10. The summed E-state index contributed by atoms with van der Waals surface area (Å²) in [7, 11) is 5.10. The van der Waals surface area contributed by atoms with E-state index in [9.17, 15) is 4.79 Å². The van der Waals surface area contributed by atoms with Gasteiger partial charge in [0.05, 0.1) is 25.9 Å². The standard InChI is InChI=1S/C16H27N5O2/c1-7-17-16(20-10-14(22)21(4)5)19-9-13-12(3)15(23-6)11(2)8-18-13/h8H,7,9-10H2,1-6H3,(H2,17,19,20). The van der Waals surface area contributed by atoms with Gasteiger partial charge < -0.3 is 20.3 Å². The average molecular weight is 321 g/mol. The van der Waals surface area contributed by atoms with Gasteiger partial charge in [-0.15, -0.1) is 0 Å². The van der Waals surface area contributed by atoms with Gasteiger partial charge in [-0.2, -0.15) is 0 Å². The number of amides is 1. The van der Waals surface area contributed by atoms with Crippen LogP contribution in [0.25, 0.3) is 0 Å². The van der Waals surface area contributed by atoms with Crippen molar-refractivity contribution in [3.8, 4) is 5.75 Å². The molecule has 0 aliphatic rings. The minimum atomic E-state index is -0.0121. The Labute approximate surface area is 138 Å². The number of guanidine groups is 1. The molecule has 23 heavy (non-hydrogen) atoms. The molecule has 0 atom stereocenters. The number of rotatable bonds is 6. The molecular weight excluding hydrogens is 294 g/mol. The first-order valence-electron chi connectivity index (χ1n) is 7.62. The lowest BCUT2D eigenvalue weighted by Gasteiger charge is -2.15. The quantitative estimate of drug-likeness (QED) is 0.600. The molecule has 0 aliphatic carbocycles. The van der Waals surface area contributed by atoms with E-state index in [-0.39, 0.29) is 12.5 Å². The Morgan fingerprint density at radius 2 is 2.04 bits per heavy atom. The molecule has 2 N–H and O–H groups in total. The largest absolute Gasteiger partial charge is 0.496 e. The number of methoxy groups -OCH3 is 1. The molecule has 0 fully saturated rings. The van der Waals surface area contributed by atoms with Crippen LogP contribution in [0, 0.1) is 13.8 Å². The summed E-state index contributed by atoms with van der Waals surface area (Å²) in [5.74, 6) is 1.41. The second-order valence-electron chi connectivity index (χ2n) is 5.38. The highest BCUT2D eigenvalue weighted by molar-refractivity contribution is 5.86. The normalized spacial score (nSPS) is 11.1. The lowest BCUT2D eigenvalue weighted by atomic mass is 10.1. The summed E-state index contributed by atoms with van der Waals surface area (Å²) in [6, 6.07) is 0. The van der Waals surface area contributed by atoms with Gasteiger partial charge in [0.2, 0.25) is 5.91 Å². The van der Waals surface area contributed by atoms with Gasteiger partial charge in [0.25, 0.3) is 0 Å². The van der Waals surface area contributed by atoms with E-state index in [4.69, 9.17) is 4.74 Å². The minimum Gasteiger partial charge on any atom is -0.496 e. The SMILES string of the molecule is CCNC(=NCc1ncc(C)c(OC)c1C)NCC(=O)N(C)C. The van der Waals surface area contributed by atoms with E-state index < -0.39 is 0 Å². The first-order chi connectivity index (χ1) is 10.9. The van der Waals surface area contributed by atoms with Gasteiger partial charge in [-0.1, -0.05) is 0 Å². The molecular formula is C16H27N5O2. The Balaban J connectivity index is 2.83. The maximum Gasteiger partial charge on any atom is 0.241 e. The number of aryl methyl sites for hydroxylation is 1. The number of pyridine rings is 1. The van der Waals surface area contributed by atoms with Crippen molar-refractivity contribution in [3.63, 3.8) is 0 Å². The van der Waals surface area contributed by atoms with E-state index in [0.717, 1.165) is 22.6 Å². The van der Waals surface area contributed by atoms with Crippen LogP contribution in [0.4, 0.5) is 0 Å². The average Bonchev–Trinajstić information content (AvgIpc) is 2.51. The van der Waals surface area contributed by atoms with Crippen LogP contribution in [-0.2, 0) is 11.3 Å². The van der Waals surface area contributed by atoms with E-state index >= 15 is 0 Å². The minimum absolute atomic E-state index is 0.0121. The highest BCUT2D eigenvalue weighted by Crippen LogP contribution is 2.24. The third kappa shape index (κ3) is 5.43. The van der Waals surface area contributed by atoms with Gasteiger partial charge in [-0.05, 0) is 20.8 Å². The summed E-state index contributed by atoms with van der Waals surface area (Å²) in [5.41, 5.74) is 2.83. The summed E-state index contributed by atoms with van der Waals surface area (Å²) >= 11 is 0. The van der Waals surface area contributed by atoms with E-state index in [1.807, 2.05) is 20.8 Å². The maximum absolute atomic E-state index is 11.7. The summed E-state index contributed by atoms with van der Waals surface area (Å²) in [6.07, 6.45) is 1.78. The summed E-state index contributed by atoms with van der Waals surface area (Å²) in [6.45, 7) is 7.23. The van der Waals surface area contributed by atoms with Crippen molar-refractivity contribution >= 4 is 11.9 Å². The molecule has 128 valence electrons. The fourth-order valence-corrected chi connectivity index (χ4v) is 2.04. The molecule has 0 saturated carbocycles. The van der Waals surface area contributed by atoms with Crippen LogP contribution in [0.3, 0.4) is 0 Å². The predicted octanol–water partition coefficient (Wildman–Crippen LogP) is 0.850. The van der Waals surface area contributed by atoms with Crippen LogP contribution in [-0.4, -0.2) is 56.0 Å². The Morgan fingerprint density at radius 1 is 1.35 bits per heavy atom. The number of ether oxygens (including phenoxy) is 1. The Morgan fingerprint density at radius 3 is 2.61 bits per heavy atom. The van der Waals surface area contributed by atoms with E-state index in [1.54, 1.807) is 27.4 Å². The number of carbonyl (C=O) groups excluding carboxylic acids is 1. The van der Waals surface area contributed by atoms with E-state index in [1.165, 1.54) is 4.90 Å². The van der Waals surface area contributed by atoms with Gasteiger partial charge in [-0.25, -0.2) is 4.99 Å². The third-order valence-corrected chi connectivity index (χ3v) is 3.39. The number of aromatic nitrogens is 1. The smallest absolute Gasteiger partial charge is 0.241 e. The van der Waals surface area contributed by atoms with Gasteiger partial charge in [-0.3, -0.25) is 9.78 Å². The molecule has 1 rings (SSSR count). The molecule has 0 saturated heterocycles. The lowest BCUT2D eigenvalue weighted by Crippen LogP contribution is -2.42. The zero-order valence-corrected chi connectivity index (χ0v) is 14.9. The fourth-order valence-electron chi connectivity index (χ4n) is 2.04. The van der Waals surface area contributed by atoms with Crippen molar-refractivity contribution in [2.75, 3.05) is 34.3 Å². The molecule has 1 heterocycles. The summed E-state index contributed by atoms with van der Waals surface area (Å²) in [5, 5.41) is 6.14. The zero-order valence-electron chi connectivity index (χ0n) is 14.9. The molecule has 0 bridgehead atoms. The van der Waals surface area contributed by atoms with Crippen LogP contribution in [0.1, 0.15) is 23.7 Å². The molecule has 0 unspecified atom stereocenters. The molecule has 0 radical (unpaired) electrons. The molecule has 1 amide bonds. The van der Waals surface area contributed by atoms with Crippen molar-refractivity contribution < 1.29 is 9.53 Å². The van der Waals surface area contributed by atoms with Gasteiger partial charge in [0, 0.05) is 38.0 Å². The topological polar surface area (TPSA) is 78.9 Å². The van der Waals surface area contributed by atoms with Crippen LogP contribution in [0.2, 0.25) is 0 Å². The number of hydrogen-bond donors (Lipinski definition) is 2. The van der Waals surface area contributed by atoms with Gasteiger partial charge in [0.1, 0.15) is 5.75 Å². The number of nitrogens with one attached hydrogen (secondary N) is 2. The second kappa shape index (κ2) is 8.97. The van der Waals surface area contributed by atoms with Crippen molar-refractivity contribution in [2.45, 2.75) is 27.3 Å². The molecule has 0 aromatic carbocycles. The molecule has 1 aromatic heterocycles. The van der Waals surface area contributed by atoms with Crippen LogP contribution < -0.4 is 15.4 Å². The molecule has 0 aliphatic heterocycles. The van der Waals surface area contributed by atoms with Crippen molar-refractivity contribution in [3.05, 3.63) is 23.0 Å². The highest BCUT2D eigenvalue weighted by atomic mass is 16.5. The monoisotopic (exact) mass is 321 g/mol. The fraction of sp³-hybridized carbons (Fsp3) is 0.562. The maximum atomic E-state index is 11.7. The van der Waals surface area contributed by atoms with Gasteiger partial charge in [0.15, 0.2) is 5.96 Å². The first-order valence-corrected chi connectivity index (χ1v) is 7.62. The van der Waals surface area contributed by atoms with Crippen molar-refractivity contribution in [1.82, 2.24) is 20.5 Å². The summed E-state index contributed by atoms with van der Waals surface area (Å²) in [4.78, 5) is 22.1. The number of nitrogens with zero attached hydrogens (tertiary/aromatic N) is 3. The van der Waals surface area contributed by atoms with Crippen molar-refractivity contribution in [1.29, 1.82) is 0 Å². The lowest BCUT2D eigenvalue weighted by molar-refractivity contribution is -0.127. The Kier molecular flexibility index (Phi) is 7.31. The first kappa shape index (κ1) is 18.7. The number of hydrogen-bond acceptors (Lipinski definition) is 4. The third-order valence-electron chi connectivity index (χ3n) is 3.39. The second-order valence-corrected chi connectivity index (χ2v) is 5.38.